The first-order chi connectivity index (χ1) is 14.9. The van der Waals surface area contributed by atoms with Gasteiger partial charge in [-0.15, -0.1) is 0 Å². The van der Waals surface area contributed by atoms with Crippen LogP contribution in [0.1, 0.15) is 41.0 Å². The molecule has 1 aliphatic heterocycles. The summed E-state index contributed by atoms with van der Waals surface area (Å²) < 4.78 is 5.63. The van der Waals surface area contributed by atoms with E-state index in [1.807, 2.05) is 12.1 Å². The average molecular weight is 425 g/mol. The zero-order valence-electron chi connectivity index (χ0n) is 17.8. The lowest BCUT2D eigenvalue weighted by molar-refractivity contribution is -0.117. The van der Waals surface area contributed by atoms with Gasteiger partial charge in [0.25, 0.3) is 11.8 Å². The minimum absolute atomic E-state index is 0.0598. The fourth-order valence-corrected chi connectivity index (χ4v) is 3.67. The Morgan fingerprint density at radius 3 is 2.32 bits per heavy atom. The van der Waals surface area contributed by atoms with Gasteiger partial charge in [-0.3, -0.25) is 14.4 Å². The smallest absolute Gasteiger partial charge is 0.255 e. The molecule has 2 atom stereocenters. The van der Waals surface area contributed by atoms with Crippen LogP contribution in [0, 0.1) is 0 Å². The molecule has 0 radical (unpaired) electrons. The van der Waals surface area contributed by atoms with E-state index >= 15 is 0 Å². The van der Waals surface area contributed by atoms with Gasteiger partial charge >= 0.3 is 0 Å². The number of hydrogen-bond donors (Lipinski definition) is 3. The Hall–Kier alpha value is -3.39. The Labute approximate surface area is 181 Å². The summed E-state index contributed by atoms with van der Waals surface area (Å²) in [6.45, 7) is 5.42. The van der Waals surface area contributed by atoms with Crippen LogP contribution in [-0.2, 0) is 9.53 Å². The highest BCUT2D eigenvalue weighted by molar-refractivity contribution is 6.07. The minimum Gasteiger partial charge on any atom is -0.377 e. The van der Waals surface area contributed by atoms with Crippen molar-refractivity contribution in [3.05, 3.63) is 59.7 Å². The molecule has 1 fully saturated rings. The Balaban J connectivity index is 1.91. The summed E-state index contributed by atoms with van der Waals surface area (Å²) in [6, 6.07) is 14.3. The average Bonchev–Trinajstić information content (AvgIpc) is 2.74. The first kappa shape index (κ1) is 22.3. The van der Waals surface area contributed by atoms with E-state index in [1.165, 1.54) is 0 Å². The second-order valence-electron chi connectivity index (χ2n) is 7.67. The van der Waals surface area contributed by atoms with Gasteiger partial charge in [-0.25, -0.2) is 0 Å². The van der Waals surface area contributed by atoms with Crippen LogP contribution >= 0.6 is 0 Å². The molecule has 0 aromatic heterocycles. The van der Waals surface area contributed by atoms with Gasteiger partial charge in [0, 0.05) is 36.2 Å². The summed E-state index contributed by atoms with van der Waals surface area (Å²) in [5.41, 5.74) is 7.39. The van der Waals surface area contributed by atoms with Crippen LogP contribution in [0.15, 0.2) is 48.5 Å². The molecule has 3 rings (SSSR count). The number of nitrogens with two attached hydrogens (primary N) is 1. The molecule has 1 heterocycles. The molecule has 1 saturated heterocycles. The number of nitrogens with zero attached hydrogens (tertiary/aromatic N) is 1. The van der Waals surface area contributed by atoms with Gasteiger partial charge in [0.2, 0.25) is 5.91 Å². The van der Waals surface area contributed by atoms with E-state index in [2.05, 4.69) is 29.4 Å². The summed E-state index contributed by atoms with van der Waals surface area (Å²) in [5, 5.41) is 5.63. The summed E-state index contributed by atoms with van der Waals surface area (Å²) in [4.78, 5) is 38.5. The number of nitrogens with one attached hydrogen (secondary N) is 2. The van der Waals surface area contributed by atoms with Gasteiger partial charge < -0.3 is 26.0 Å². The summed E-state index contributed by atoms with van der Waals surface area (Å²) in [5.74, 6) is -1.09. The molecular weight excluding hydrogens is 396 g/mol. The van der Waals surface area contributed by atoms with Gasteiger partial charge in [-0.05, 0) is 44.2 Å². The molecule has 1 aliphatic rings. The SMILES string of the molecule is CC1COCC(C)N1c1ccc(C(=O)NCCC(N)=O)cc1NC(=O)c1ccccc1. The van der Waals surface area contributed by atoms with Crippen LogP contribution in [0.5, 0.6) is 0 Å². The molecule has 164 valence electrons. The minimum atomic E-state index is -0.484. The lowest BCUT2D eigenvalue weighted by Gasteiger charge is -2.41. The van der Waals surface area contributed by atoms with Crippen LogP contribution in [-0.4, -0.2) is 49.6 Å². The number of morpholine rings is 1. The van der Waals surface area contributed by atoms with Crippen molar-refractivity contribution in [2.75, 3.05) is 30.0 Å². The number of carbonyl (C=O) groups is 3. The molecule has 3 amide bonds. The fraction of sp³-hybridized carbons (Fsp3) is 0.348. The van der Waals surface area contributed by atoms with E-state index < -0.39 is 5.91 Å². The second kappa shape index (κ2) is 10.1. The van der Waals surface area contributed by atoms with Crippen molar-refractivity contribution in [2.45, 2.75) is 32.4 Å². The third-order valence-corrected chi connectivity index (χ3v) is 5.15. The van der Waals surface area contributed by atoms with Gasteiger partial charge in [-0.1, -0.05) is 18.2 Å². The molecule has 2 aromatic rings. The molecule has 8 nitrogen and oxygen atoms in total. The standard InChI is InChI=1S/C23H28N4O4/c1-15-13-31-14-16(2)27(15)20-9-8-18(22(29)25-11-10-21(24)28)12-19(20)26-23(30)17-6-4-3-5-7-17/h3-9,12,15-16H,10-11,13-14H2,1-2H3,(H2,24,28)(H,25,29)(H,26,30). The number of rotatable bonds is 7. The Bertz CT molecular complexity index is 938. The number of hydrogen-bond acceptors (Lipinski definition) is 5. The second-order valence-corrected chi connectivity index (χ2v) is 7.67. The third-order valence-electron chi connectivity index (χ3n) is 5.15. The molecule has 8 heteroatoms. The number of amides is 3. The Morgan fingerprint density at radius 1 is 1.00 bits per heavy atom. The fourth-order valence-electron chi connectivity index (χ4n) is 3.67. The van der Waals surface area contributed by atoms with E-state index in [-0.39, 0.29) is 36.9 Å². The largest absolute Gasteiger partial charge is 0.377 e. The molecule has 4 N–H and O–H groups in total. The summed E-state index contributed by atoms with van der Waals surface area (Å²) in [7, 11) is 0. The van der Waals surface area contributed by atoms with Crippen molar-refractivity contribution in [1.82, 2.24) is 5.32 Å². The molecule has 0 bridgehead atoms. The van der Waals surface area contributed by atoms with E-state index in [0.717, 1.165) is 5.69 Å². The van der Waals surface area contributed by atoms with Gasteiger partial charge in [0.1, 0.15) is 0 Å². The number of anilines is 2. The van der Waals surface area contributed by atoms with Crippen LogP contribution in [0.2, 0.25) is 0 Å². The lowest BCUT2D eigenvalue weighted by Crippen LogP contribution is -2.50. The molecule has 31 heavy (non-hydrogen) atoms. The maximum atomic E-state index is 12.8. The van der Waals surface area contributed by atoms with Crippen molar-refractivity contribution in [3.8, 4) is 0 Å². The zero-order valence-corrected chi connectivity index (χ0v) is 17.8. The number of ether oxygens (including phenoxy) is 1. The highest BCUT2D eigenvalue weighted by atomic mass is 16.5. The van der Waals surface area contributed by atoms with Crippen LogP contribution in [0.25, 0.3) is 0 Å². The zero-order chi connectivity index (χ0) is 22.4. The van der Waals surface area contributed by atoms with Crippen molar-refractivity contribution in [2.24, 2.45) is 5.73 Å². The maximum Gasteiger partial charge on any atom is 0.255 e. The topological polar surface area (TPSA) is 114 Å². The Kier molecular flexibility index (Phi) is 7.25. The van der Waals surface area contributed by atoms with Gasteiger partial charge in [-0.2, -0.15) is 0 Å². The van der Waals surface area contributed by atoms with Gasteiger partial charge in [0.05, 0.1) is 24.6 Å². The molecule has 2 unspecified atom stereocenters. The Morgan fingerprint density at radius 2 is 1.68 bits per heavy atom. The van der Waals surface area contributed by atoms with Crippen LogP contribution in [0.4, 0.5) is 11.4 Å². The highest BCUT2D eigenvalue weighted by Crippen LogP contribution is 2.32. The van der Waals surface area contributed by atoms with Crippen molar-refractivity contribution in [1.29, 1.82) is 0 Å². The predicted octanol–water partition coefficient (Wildman–Crippen LogP) is 2.16. The van der Waals surface area contributed by atoms with Crippen molar-refractivity contribution >= 4 is 29.1 Å². The molecular formula is C23H28N4O4. The molecule has 0 spiro atoms. The maximum absolute atomic E-state index is 12.8. The molecule has 2 aromatic carbocycles. The number of benzene rings is 2. The first-order valence-corrected chi connectivity index (χ1v) is 10.3. The van der Waals surface area contributed by atoms with E-state index in [4.69, 9.17) is 10.5 Å². The number of carbonyl (C=O) groups excluding carboxylic acids is 3. The summed E-state index contributed by atoms with van der Waals surface area (Å²) >= 11 is 0. The van der Waals surface area contributed by atoms with E-state index in [9.17, 15) is 14.4 Å². The summed E-state index contributed by atoms with van der Waals surface area (Å²) in [6.07, 6.45) is 0.0598. The predicted molar refractivity (Wildman–Crippen MR) is 119 cm³/mol. The lowest BCUT2D eigenvalue weighted by atomic mass is 10.1. The van der Waals surface area contributed by atoms with Crippen LogP contribution in [0.3, 0.4) is 0 Å². The van der Waals surface area contributed by atoms with E-state index in [1.54, 1.807) is 36.4 Å². The molecule has 0 aliphatic carbocycles. The highest BCUT2D eigenvalue weighted by Gasteiger charge is 2.28. The van der Waals surface area contributed by atoms with Crippen molar-refractivity contribution in [3.63, 3.8) is 0 Å². The molecule has 0 saturated carbocycles. The van der Waals surface area contributed by atoms with Crippen molar-refractivity contribution < 1.29 is 19.1 Å². The third kappa shape index (κ3) is 5.61. The normalized spacial score (nSPS) is 18.3. The van der Waals surface area contributed by atoms with E-state index in [0.29, 0.717) is 30.0 Å². The van der Waals surface area contributed by atoms with Crippen LogP contribution < -0.4 is 21.3 Å². The van der Waals surface area contributed by atoms with Gasteiger partial charge in [0.15, 0.2) is 0 Å². The first-order valence-electron chi connectivity index (χ1n) is 10.3. The number of primary amides is 1. The quantitative estimate of drug-likeness (QED) is 0.630. The monoisotopic (exact) mass is 424 g/mol.